The summed E-state index contributed by atoms with van der Waals surface area (Å²) in [6, 6.07) is 0. The van der Waals surface area contributed by atoms with Crippen LogP contribution in [-0.2, 0) is 4.79 Å². The molecule has 0 aromatic rings. The van der Waals surface area contributed by atoms with Crippen molar-refractivity contribution in [3.8, 4) is 0 Å². The molecule has 0 aliphatic carbocycles. The van der Waals surface area contributed by atoms with Crippen LogP contribution in [0.4, 0.5) is 0 Å². The van der Waals surface area contributed by atoms with Crippen LogP contribution in [-0.4, -0.2) is 17.1 Å². The van der Waals surface area contributed by atoms with Gasteiger partial charge in [0.15, 0.2) is 5.76 Å². The summed E-state index contributed by atoms with van der Waals surface area (Å²) in [6.07, 6.45) is 7.06. The highest BCUT2D eigenvalue weighted by molar-refractivity contribution is 6.03. The molecule has 3 nitrogen and oxygen atoms in total. The Morgan fingerprint density at radius 3 is 2.93 bits per heavy atom. The number of nitrogens with zero attached hydrogens (tertiary/aromatic N) is 1. The zero-order chi connectivity index (χ0) is 10.4. The molecule has 1 aliphatic heterocycles. The molecule has 0 bridgehead atoms. The molecule has 0 fully saturated rings. The zero-order valence-electron chi connectivity index (χ0n) is 8.62. The Morgan fingerprint density at radius 1 is 1.43 bits per heavy atom. The molecule has 1 N–H and O–H groups in total. The second-order valence-electron chi connectivity index (χ2n) is 3.54. The molecule has 0 spiro atoms. The maximum Gasteiger partial charge on any atom is 0.204 e. The van der Waals surface area contributed by atoms with Crippen LogP contribution in [0.2, 0.25) is 0 Å². The number of hydrogen-bond donors (Lipinski definition) is 1. The maximum atomic E-state index is 11.1. The number of rotatable bonds is 5. The van der Waals surface area contributed by atoms with Gasteiger partial charge in [0.05, 0.1) is 5.70 Å². The summed E-state index contributed by atoms with van der Waals surface area (Å²) >= 11 is 0. The number of carbonyl (C=O) groups excluding carboxylic acids is 1. The van der Waals surface area contributed by atoms with E-state index in [0.717, 1.165) is 12.8 Å². The van der Waals surface area contributed by atoms with Crippen molar-refractivity contribution in [1.82, 2.24) is 0 Å². The minimum absolute atomic E-state index is 0.121. The fourth-order valence-corrected chi connectivity index (χ4v) is 1.46. The third-order valence-corrected chi connectivity index (χ3v) is 2.33. The first kappa shape index (κ1) is 11.0. The first-order valence-electron chi connectivity index (χ1n) is 5.23. The van der Waals surface area contributed by atoms with E-state index >= 15 is 0 Å². The lowest BCUT2D eigenvalue weighted by molar-refractivity contribution is -0.117. The quantitative estimate of drug-likeness (QED) is 0.686. The van der Waals surface area contributed by atoms with E-state index in [1.54, 1.807) is 6.21 Å². The largest absolute Gasteiger partial charge is 0.503 e. The topological polar surface area (TPSA) is 49.7 Å². The molecule has 0 amide bonds. The molecule has 0 radical (unpaired) electrons. The van der Waals surface area contributed by atoms with Crippen molar-refractivity contribution < 1.29 is 9.90 Å². The number of aliphatic imine (C=N–C) groups is 1. The SMILES string of the molecule is CCCCCCC1=C(O)C(=O)CC=N1. The maximum absolute atomic E-state index is 11.1. The first-order chi connectivity index (χ1) is 6.75. The Labute approximate surface area is 84.5 Å². The number of aliphatic hydroxyl groups is 1. The lowest BCUT2D eigenvalue weighted by Crippen LogP contribution is -2.09. The molecule has 0 aromatic carbocycles. The number of aliphatic hydroxyl groups excluding tert-OH is 1. The molecular formula is C11H17NO2. The van der Waals surface area contributed by atoms with Gasteiger partial charge < -0.3 is 5.11 Å². The van der Waals surface area contributed by atoms with E-state index in [-0.39, 0.29) is 18.0 Å². The van der Waals surface area contributed by atoms with Crippen LogP contribution in [0.5, 0.6) is 0 Å². The van der Waals surface area contributed by atoms with Gasteiger partial charge in [0.2, 0.25) is 5.78 Å². The molecule has 0 aromatic heterocycles. The third-order valence-electron chi connectivity index (χ3n) is 2.33. The zero-order valence-corrected chi connectivity index (χ0v) is 8.62. The minimum atomic E-state index is -0.203. The van der Waals surface area contributed by atoms with Gasteiger partial charge in [-0.3, -0.25) is 9.79 Å². The van der Waals surface area contributed by atoms with Crippen molar-refractivity contribution >= 4 is 12.0 Å². The Morgan fingerprint density at radius 2 is 2.21 bits per heavy atom. The molecule has 0 atom stereocenters. The molecule has 1 aliphatic rings. The number of unbranched alkanes of at least 4 members (excludes halogenated alkanes) is 3. The highest BCUT2D eigenvalue weighted by Gasteiger charge is 2.15. The van der Waals surface area contributed by atoms with Crippen molar-refractivity contribution in [2.24, 2.45) is 4.99 Å². The van der Waals surface area contributed by atoms with E-state index < -0.39 is 0 Å². The summed E-state index contributed by atoms with van der Waals surface area (Å²) in [4.78, 5) is 15.1. The second-order valence-corrected chi connectivity index (χ2v) is 3.54. The molecule has 1 rings (SSSR count). The molecule has 1 heterocycles. The summed E-state index contributed by atoms with van der Waals surface area (Å²) in [5.41, 5.74) is 0.567. The monoisotopic (exact) mass is 195 g/mol. The van der Waals surface area contributed by atoms with Gasteiger partial charge in [0.1, 0.15) is 0 Å². The average molecular weight is 195 g/mol. The number of Topliss-reactive ketones (excluding diaryl/α,β-unsaturated/α-hetero) is 1. The summed E-state index contributed by atoms with van der Waals surface area (Å²) < 4.78 is 0. The van der Waals surface area contributed by atoms with Crippen LogP contribution in [0.25, 0.3) is 0 Å². The fourth-order valence-electron chi connectivity index (χ4n) is 1.46. The average Bonchev–Trinajstić information content (AvgIpc) is 2.19. The van der Waals surface area contributed by atoms with Gasteiger partial charge in [-0.05, 0) is 12.8 Å². The van der Waals surface area contributed by atoms with Gasteiger partial charge >= 0.3 is 0 Å². The lowest BCUT2D eigenvalue weighted by atomic mass is 10.1. The molecule has 14 heavy (non-hydrogen) atoms. The minimum Gasteiger partial charge on any atom is -0.503 e. The van der Waals surface area contributed by atoms with E-state index in [4.69, 9.17) is 0 Å². The Kier molecular flexibility index (Phi) is 4.36. The smallest absolute Gasteiger partial charge is 0.204 e. The molecular weight excluding hydrogens is 178 g/mol. The Balaban J connectivity index is 2.39. The predicted molar refractivity (Wildman–Crippen MR) is 56.5 cm³/mol. The lowest BCUT2D eigenvalue weighted by Gasteiger charge is -2.08. The van der Waals surface area contributed by atoms with E-state index in [1.165, 1.54) is 12.8 Å². The highest BCUT2D eigenvalue weighted by atomic mass is 16.3. The van der Waals surface area contributed by atoms with Gasteiger partial charge in [-0.25, -0.2) is 0 Å². The van der Waals surface area contributed by atoms with E-state index in [1.807, 2.05) is 0 Å². The van der Waals surface area contributed by atoms with Gasteiger partial charge in [0, 0.05) is 12.6 Å². The summed E-state index contributed by atoms with van der Waals surface area (Å²) in [7, 11) is 0. The van der Waals surface area contributed by atoms with Crippen LogP contribution < -0.4 is 0 Å². The van der Waals surface area contributed by atoms with Crippen LogP contribution in [0, 0.1) is 0 Å². The molecule has 0 saturated heterocycles. The van der Waals surface area contributed by atoms with Gasteiger partial charge in [-0.15, -0.1) is 0 Å². The van der Waals surface area contributed by atoms with Crippen molar-refractivity contribution in [3.63, 3.8) is 0 Å². The summed E-state index contributed by atoms with van der Waals surface area (Å²) in [6.45, 7) is 2.15. The standard InChI is InChI=1S/C11H17NO2/c1-2-3-4-5-6-9-11(14)10(13)7-8-12-9/h8,14H,2-7H2,1H3. The summed E-state index contributed by atoms with van der Waals surface area (Å²) in [5.74, 6) is -0.325. The van der Waals surface area contributed by atoms with Crippen molar-refractivity contribution in [2.75, 3.05) is 0 Å². The Bertz CT molecular complexity index is 266. The van der Waals surface area contributed by atoms with Crippen LogP contribution in [0.1, 0.15) is 45.4 Å². The first-order valence-corrected chi connectivity index (χ1v) is 5.23. The second kappa shape index (κ2) is 5.58. The van der Waals surface area contributed by atoms with Crippen LogP contribution in [0.3, 0.4) is 0 Å². The van der Waals surface area contributed by atoms with Gasteiger partial charge in [-0.2, -0.15) is 0 Å². The van der Waals surface area contributed by atoms with Crippen LogP contribution >= 0.6 is 0 Å². The molecule has 0 unspecified atom stereocenters. The van der Waals surface area contributed by atoms with Gasteiger partial charge in [-0.1, -0.05) is 26.2 Å². The van der Waals surface area contributed by atoms with Gasteiger partial charge in [0.25, 0.3) is 0 Å². The molecule has 78 valence electrons. The highest BCUT2D eigenvalue weighted by Crippen LogP contribution is 2.18. The van der Waals surface area contributed by atoms with Crippen molar-refractivity contribution in [1.29, 1.82) is 0 Å². The number of ketones is 1. The predicted octanol–water partition coefficient (Wildman–Crippen LogP) is 2.77. The van der Waals surface area contributed by atoms with Crippen LogP contribution in [0.15, 0.2) is 16.4 Å². The van der Waals surface area contributed by atoms with E-state index in [0.29, 0.717) is 12.1 Å². The Hall–Kier alpha value is -1.12. The summed E-state index contributed by atoms with van der Waals surface area (Å²) in [5, 5.41) is 9.41. The van der Waals surface area contributed by atoms with Crippen molar-refractivity contribution in [3.05, 3.63) is 11.5 Å². The van der Waals surface area contributed by atoms with E-state index in [9.17, 15) is 9.90 Å². The number of allylic oxidation sites excluding steroid dienone is 2. The molecule has 3 heteroatoms. The fraction of sp³-hybridized carbons (Fsp3) is 0.636. The number of carbonyl (C=O) groups is 1. The normalized spacial score (nSPS) is 16.5. The number of hydrogen-bond acceptors (Lipinski definition) is 3. The molecule has 0 saturated carbocycles. The third kappa shape index (κ3) is 2.98. The van der Waals surface area contributed by atoms with E-state index in [2.05, 4.69) is 11.9 Å². The van der Waals surface area contributed by atoms with Crippen molar-refractivity contribution in [2.45, 2.75) is 45.4 Å².